The Bertz CT molecular complexity index is 489. The lowest BCUT2D eigenvalue weighted by Gasteiger charge is -2.28. The van der Waals surface area contributed by atoms with Crippen molar-refractivity contribution in [3.05, 3.63) is 11.8 Å². The third-order valence-corrected chi connectivity index (χ3v) is 3.64. The summed E-state index contributed by atoms with van der Waals surface area (Å²) in [6.45, 7) is 0. The van der Waals surface area contributed by atoms with Gasteiger partial charge in [0.1, 0.15) is 5.54 Å². The molecule has 0 aromatic carbocycles. The van der Waals surface area contributed by atoms with Crippen LogP contribution in [0.4, 0.5) is 0 Å². The van der Waals surface area contributed by atoms with Crippen LogP contribution in [0.5, 0.6) is 5.88 Å². The lowest BCUT2D eigenvalue weighted by Crippen LogP contribution is -2.54. The maximum Gasteiger partial charge on any atom is 0.329 e. The average molecular weight is 282 g/mol. The van der Waals surface area contributed by atoms with Gasteiger partial charge in [-0.25, -0.2) is 4.79 Å². The van der Waals surface area contributed by atoms with Crippen molar-refractivity contribution in [1.29, 1.82) is 0 Å². The largest absolute Gasteiger partial charge is 0.480 e. The molecule has 20 heavy (non-hydrogen) atoms. The molecule has 1 heterocycles. The molecule has 1 aliphatic rings. The highest BCUT2D eigenvalue weighted by atomic mass is 16.5. The quantitative estimate of drug-likeness (QED) is 0.813. The SMILES string of the molecule is COc1cc(C(=O)NC2(C(=O)O)CCCCCC2)on1. The smallest absolute Gasteiger partial charge is 0.329 e. The van der Waals surface area contributed by atoms with Gasteiger partial charge in [-0.15, -0.1) is 0 Å². The Morgan fingerprint density at radius 1 is 1.35 bits per heavy atom. The monoisotopic (exact) mass is 282 g/mol. The summed E-state index contributed by atoms with van der Waals surface area (Å²) in [6, 6.07) is 1.33. The number of aromatic nitrogens is 1. The first-order valence-corrected chi connectivity index (χ1v) is 6.64. The Morgan fingerprint density at radius 2 is 2.00 bits per heavy atom. The number of methoxy groups -OCH3 is 1. The minimum Gasteiger partial charge on any atom is -0.480 e. The van der Waals surface area contributed by atoms with Gasteiger partial charge >= 0.3 is 5.97 Å². The van der Waals surface area contributed by atoms with Gasteiger partial charge in [0.25, 0.3) is 11.8 Å². The minimum atomic E-state index is -1.21. The molecule has 1 saturated carbocycles. The van der Waals surface area contributed by atoms with Crippen molar-refractivity contribution in [3.63, 3.8) is 0 Å². The highest BCUT2D eigenvalue weighted by Gasteiger charge is 2.40. The molecule has 0 aliphatic heterocycles. The van der Waals surface area contributed by atoms with Crippen molar-refractivity contribution in [3.8, 4) is 5.88 Å². The van der Waals surface area contributed by atoms with E-state index >= 15 is 0 Å². The summed E-state index contributed by atoms with van der Waals surface area (Å²) < 4.78 is 9.66. The predicted octanol–water partition coefficient (Wildman–Crippen LogP) is 1.59. The molecule has 0 spiro atoms. The van der Waals surface area contributed by atoms with Crippen LogP contribution in [0.3, 0.4) is 0 Å². The summed E-state index contributed by atoms with van der Waals surface area (Å²) >= 11 is 0. The molecule has 110 valence electrons. The molecule has 0 saturated heterocycles. The molecule has 2 N–H and O–H groups in total. The van der Waals surface area contributed by atoms with Crippen molar-refractivity contribution in [2.24, 2.45) is 0 Å². The van der Waals surface area contributed by atoms with E-state index in [-0.39, 0.29) is 11.6 Å². The Labute approximate surface area is 116 Å². The molecule has 0 unspecified atom stereocenters. The van der Waals surface area contributed by atoms with Gasteiger partial charge < -0.3 is 19.7 Å². The second kappa shape index (κ2) is 5.94. The lowest BCUT2D eigenvalue weighted by molar-refractivity contribution is -0.145. The molecule has 7 nitrogen and oxygen atoms in total. The van der Waals surface area contributed by atoms with E-state index in [1.54, 1.807) is 0 Å². The number of carbonyl (C=O) groups is 2. The predicted molar refractivity (Wildman–Crippen MR) is 68.6 cm³/mol. The van der Waals surface area contributed by atoms with E-state index in [1.165, 1.54) is 13.2 Å². The standard InChI is InChI=1S/C13H18N2O5/c1-19-10-8-9(20-15-10)11(16)14-13(12(17)18)6-4-2-3-5-7-13/h8H,2-7H2,1H3,(H,14,16)(H,17,18). The fourth-order valence-corrected chi connectivity index (χ4v) is 2.47. The van der Waals surface area contributed by atoms with Gasteiger partial charge in [0.15, 0.2) is 0 Å². The average Bonchev–Trinajstić information content (AvgIpc) is 2.79. The minimum absolute atomic E-state index is 0.0493. The van der Waals surface area contributed by atoms with Crippen LogP contribution in [-0.4, -0.2) is 34.8 Å². The molecule has 1 amide bonds. The van der Waals surface area contributed by atoms with Gasteiger partial charge in [-0.3, -0.25) is 4.79 Å². The Hall–Kier alpha value is -2.05. The third-order valence-electron chi connectivity index (χ3n) is 3.64. The summed E-state index contributed by atoms with van der Waals surface area (Å²) in [5, 5.41) is 15.6. The number of nitrogens with one attached hydrogen (secondary N) is 1. The summed E-state index contributed by atoms with van der Waals surface area (Å²) in [5.41, 5.74) is -1.21. The Morgan fingerprint density at radius 3 is 2.50 bits per heavy atom. The van der Waals surface area contributed by atoms with Crippen molar-refractivity contribution >= 4 is 11.9 Å². The second-order valence-corrected chi connectivity index (χ2v) is 4.99. The molecule has 2 rings (SSSR count). The van der Waals surface area contributed by atoms with E-state index in [2.05, 4.69) is 10.5 Å². The number of nitrogens with zero attached hydrogens (tertiary/aromatic N) is 1. The fraction of sp³-hybridized carbons (Fsp3) is 0.615. The molecule has 1 fully saturated rings. The summed E-state index contributed by atoms with van der Waals surface area (Å²) in [6.07, 6.45) is 4.40. The highest BCUT2D eigenvalue weighted by Crippen LogP contribution is 2.28. The van der Waals surface area contributed by atoms with Crippen LogP contribution in [0, 0.1) is 0 Å². The first kappa shape index (κ1) is 14.4. The zero-order chi connectivity index (χ0) is 14.6. The van der Waals surface area contributed by atoms with Crippen LogP contribution in [0.2, 0.25) is 0 Å². The molecule has 1 aromatic heterocycles. The number of carbonyl (C=O) groups excluding carboxylic acids is 1. The Balaban J connectivity index is 2.14. The van der Waals surface area contributed by atoms with Gasteiger partial charge in [-0.2, -0.15) is 0 Å². The molecular weight excluding hydrogens is 264 g/mol. The molecule has 0 radical (unpaired) electrons. The number of hydrogen-bond donors (Lipinski definition) is 2. The van der Waals surface area contributed by atoms with Crippen LogP contribution >= 0.6 is 0 Å². The van der Waals surface area contributed by atoms with E-state index in [4.69, 9.17) is 9.26 Å². The Kier molecular flexibility index (Phi) is 4.26. The number of carboxylic acid groups (broad SMARTS) is 1. The van der Waals surface area contributed by atoms with Crippen molar-refractivity contribution < 1.29 is 24.0 Å². The topological polar surface area (TPSA) is 102 Å². The van der Waals surface area contributed by atoms with Crippen molar-refractivity contribution in [2.45, 2.75) is 44.1 Å². The molecular formula is C13H18N2O5. The molecule has 1 aromatic rings. The first-order valence-electron chi connectivity index (χ1n) is 6.64. The van der Waals surface area contributed by atoms with E-state index in [1.807, 2.05) is 0 Å². The van der Waals surface area contributed by atoms with Gasteiger partial charge in [-0.05, 0) is 18.0 Å². The van der Waals surface area contributed by atoms with E-state index in [0.717, 1.165) is 25.7 Å². The molecule has 0 atom stereocenters. The number of aliphatic carboxylic acids is 1. The molecule has 1 aliphatic carbocycles. The maximum absolute atomic E-state index is 12.1. The highest BCUT2D eigenvalue weighted by molar-refractivity contribution is 5.95. The van der Waals surface area contributed by atoms with Crippen LogP contribution < -0.4 is 10.1 Å². The van der Waals surface area contributed by atoms with Crippen LogP contribution in [0.1, 0.15) is 49.1 Å². The third kappa shape index (κ3) is 2.92. The second-order valence-electron chi connectivity index (χ2n) is 4.99. The summed E-state index contributed by atoms with van der Waals surface area (Å²) in [7, 11) is 1.41. The lowest BCUT2D eigenvalue weighted by atomic mass is 9.90. The number of amides is 1. The van der Waals surface area contributed by atoms with Crippen LogP contribution in [-0.2, 0) is 4.79 Å². The first-order chi connectivity index (χ1) is 9.57. The van der Waals surface area contributed by atoms with E-state index in [0.29, 0.717) is 12.8 Å². The van der Waals surface area contributed by atoms with Crippen LogP contribution in [0.15, 0.2) is 10.6 Å². The number of carboxylic acids is 1. The zero-order valence-corrected chi connectivity index (χ0v) is 11.3. The van der Waals surface area contributed by atoms with E-state index < -0.39 is 17.4 Å². The van der Waals surface area contributed by atoms with Gasteiger partial charge in [-0.1, -0.05) is 25.7 Å². The molecule has 0 bridgehead atoms. The van der Waals surface area contributed by atoms with Gasteiger partial charge in [0.2, 0.25) is 5.76 Å². The van der Waals surface area contributed by atoms with Crippen molar-refractivity contribution in [1.82, 2.24) is 10.5 Å². The zero-order valence-electron chi connectivity index (χ0n) is 11.3. The number of rotatable bonds is 4. The fourth-order valence-electron chi connectivity index (χ4n) is 2.47. The van der Waals surface area contributed by atoms with Crippen molar-refractivity contribution in [2.75, 3.05) is 7.11 Å². The van der Waals surface area contributed by atoms with Crippen LogP contribution in [0.25, 0.3) is 0 Å². The molecule has 7 heteroatoms. The summed E-state index contributed by atoms with van der Waals surface area (Å²) in [4.78, 5) is 23.7. The maximum atomic E-state index is 12.1. The normalized spacial score (nSPS) is 18.1. The number of hydrogen-bond acceptors (Lipinski definition) is 5. The number of ether oxygens (including phenoxy) is 1. The van der Waals surface area contributed by atoms with E-state index in [9.17, 15) is 14.7 Å². The van der Waals surface area contributed by atoms with Gasteiger partial charge in [0, 0.05) is 0 Å². The summed E-state index contributed by atoms with van der Waals surface area (Å²) in [5.74, 6) is -1.45. The van der Waals surface area contributed by atoms with Gasteiger partial charge in [0.05, 0.1) is 13.2 Å².